The predicted octanol–water partition coefficient (Wildman–Crippen LogP) is -1.12. The number of allylic oxidation sites excluding steroid dienone is 1. The lowest BCUT2D eigenvalue weighted by atomic mass is 10.4. The van der Waals surface area contributed by atoms with Crippen molar-refractivity contribution < 1.29 is 14.3 Å². The maximum absolute atomic E-state index is 12.8. The third-order valence-electron chi connectivity index (χ3n) is 0.972. The number of halogens is 1. The van der Waals surface area contributed by atoms with Crippen LogP contribution in [0.25, 0.3) is 0 Å². The van der Waals surface area contributed by atoms with E-state index in [9.17, 15) is 9.18 Å². The number of carbonyl (C=O) groups is 1. The topological polar surface area (TPSA) is 87.4 Å². The molecule has 0 heterocycles. The lowest BCUT2D eigenvalue weighted by Gasteiger charge is -2.03. The number of nitrogens with one attached hydrogen (secondary N) is 2. The Bertz CT molecular complexity index is 203. The molecule has 6 heteroatoms. The van der Waals surface area contributed by atoms with Crippen molar-refractivity contribution in [3.8, 4) is 0 Å². The molecule has 0 aliphatic heterocycles. The Morgan fingerprint density at radius 3 is 2.75 bits per heavy atom. The average molecular weight is 175 g/mol. The summed E-state index contributed by atoms with van der Waals surface area (Å²) in [5.41, 5.74) is 4.91. The van der Waals surface area contributed by atoms with E-state index in [1.54, 1.807) is 0 Å². The minimum absolute atomic E-state index is 0.0909. The van der Waals surface area contributed by atoms with Crippen molar-refractivity contribution in [2.24, 2.45) is 5.73 Å². The highest BCUT2D eigenvalue weighted by Gasteiger charge is 2.00. The molecule has 0 rings (SSSR count). The molecule has 0 aliphatic rings. The first kappa shape index (κ1) is 10.4. The van der Waals surface area contributed by atoms with Crippen LogP contribution in [0.5, 0.6) is 0 Å². The van der Waals surface area contributed by atoms with Crippen LogP contribution in [0.4, 0.5) is 4.39 Å². The molecule has 0 saturated heterocycles. The van der Waals surface area contributed by atoms with Crippen molar-refractivity contribution in [2.45, 2.75) is 0 Å². The van der Waals surface area contributed by atoms with Crippen molar-refractivity contribution in [1.82, 2.24) is 10.6 Å². The Labute approximate surface area is 68.7 Å². The summed E-state index contributed by atoms with van der Waals surface area (Å²) in [7, 11) is 0. The van der Waals surface area contributed by atoms with Crippen molar-refractivity contribution in [3.05, 3.63) is 23.9 Å². The molecule has 0 radical (unpaired) electrons. The van der Waals surface area contributed by atoms with E-state index in [2.05, 4.69) is 5.32 Å². The molecule has 0 aliphatic carbocycles. The van der Waals surface area contributed by atoms with Crippen molar-refractivity contribution in [1.29, 1.82) is 0 Å². The molecular weight excluding hydrogens is 165 g/mol. The highest BCUT2D eigenvalue weighted by atomic mass is 19.1. The molecule has 0 fully saturated rings. The number of aliphatic hydroxyl groups excluding tert-OH is 1. The summed E-state index contributed by atoms with van der Waals surface area (Å²) in [6.07, 6.45) is 2.07. The first-order chi connectivity index (χ1) is 5.76. The van der Waals surface area contributed by atoms with Crippen molar-refractivity contribution in [2.75, 3.05) is 6.73 Å². The van der Waals surface area contributed by atoms with E-state index < -0.39 is 12.6 Å². The second-order valence-electron chi connectivity index (χ2n) is 1.69. The highest BCUT2D eigenvalue weighted by Crippen LogP contribution is 2.04. The zero-order valence-electron chi connectivity index (χ0n) is 6.25. The van der Waals surface area contributed by atoms with Gasteiger partial charge in [0.05, 0.1) is 5.70 Å². The zero-order chi connectivity index (χ0) is 9.40. The quantitative estimate of drug-likeness (QED) is 0.242. The van der Waals surface area contributed by atoms with Gasteiger partial charge in [-0.15, -0.1) is 0 Å². The molecule has 0 spiro atoms. The zero-order valence-corrected chi connectivity index (χ0v) is 6.25. The first-order valence-electron chi connectivity index (χ1n) is 3.08. The van der Waals surface area contributed by atoms with Gasteiger partial charge in [-0.3, -0.25) is 4.79 Å². The SMILES string of the molecule is N/C=C(NCO)/C(F)=C\NC=O. The van der Waals surface area contributed by atoms with E-state index in [1.807, 2.05) is 5.32 Å². The van der Waals surface area contributed by atoms with Crippen LogP contribution in [-0.4, -0.2) is 18.2 Å². The van der Waals surface area contributed by atoms with Gasteiger partial charge in [-0.2, -0.15) is 0 Å². The predicted molar refractivity (Wildman–Crippen MR) is 40.9 cm³/mol. The largest absolute Gasteiger partial charge is 0.403 e. The van der Waals surface area contributed by atoms with E-state index in [1.165, 1.54) is 0 Å². The van der Waals surface area contributed by atoms with Gasteiger partial charge in [-0.25, -0.2) is 4.39 Å². The fraction of sp³-hybridized carbons (Fsp3) is 0.167. The molecule has 12 heavy (non-hydrogen) atoms. The van der Waals surface area contributed by atoms with E-state index in [0.29, 0.717) is 6.41 Å². The molecule has 0 aromatic carbocycles. The van der Waals surface area contributed by atoms with Crippen LogP contribution in [0.3, 0.4) is 0 Å². The molecule has 1 amide bonds. The highest BCUT2D eigenvalue weighted by molar-refractivity contribution is 5.48. The van der Waals surface area contributed by atoms with Crippen LogP contribution in [0.1, 0.15) is 0 Å². The van der Waals surface area contributed by atoms with Gasteiger partial charge in [0.1, 0.15) is 6.73 Å². The summed E-state index contributed by atoms with van der Waals surface area (Å²) < 4.78 is 12.8. The number of rotatable bonds is 5. The standard InChI is InChI=1S/C6H10FN3O2/c7-5(2-9-3-11)6(1-8)10-4-12/h1-3,10,12H,4,8H2,(H,9,11)/b5-2+,6-1-. The number of carbonyl (C=O) groups excluding carboxylic acids is 1. The third kappa shape index (κ3) is 3.57. The number of hydrogen-bond acceptors (Lipinski definition) is 4. The van der Waals surface area contributed by atoms with Crippen LogP contribution in [0, 0.1) is 0 Å². The number of nitrogens with two attached hydrogens (primary N) is 1. The lowest BCUT2D eigenvalue weighted by Crippen LogP contribution is -2.17. The molecule has 0 unspecified atom stereocenters. The van der Waals surface area contributed by atoms with Gasteiger partial charge >= 0.3 is 0 Å². The molecule has 68 valence electrons. The number of aliphatic hydroxyl groups is 1. The fourth-order valence-corrected chi connectivity index (χ4v) is 0.493. The van der Waals surface area contributed by atoms with Gasteiger partial charge in [0.15, 0.2) is 5.83 Å². The van der Waals surface area contributed by atoms with E-state index in [4.69, 9.17) is 10.8 Å². The maximum atomic E-state index is 12.8. The van der Waals surface area contributed by atoms with Crippen LogP contribution in [0.15, 0.2) is 23.9 Å². The van der Waals surface area contributed by atoms with Gasteiger partial charge in [0.25, 0.3) is 0 Å². The Morgan fingerprint density at radius 2 is 2.33 bits per heavy atom. The van der Waals surface area contributed by atoms with Gasteiger partial charge in [-0.05, 0) is 0 Å². The molecule has 5 N–H and O–H groups in total. The van der Waals surface area contributed by atoms with Gasteiger partial charge in [0, 0.05) is 12.4 Å². The smallest absolute Gasteiger partial charge is 0.211 e. The van der Waals surface area contributed by atoms with Crippen LogP contribution >= 0.6 is 0 Å². The first-order valence-corrected chi connectivity index (χ1v) is 3.08. The van der Waals surface area contributed by atoms with Crippen LogP contribution < -0.4 is 16.4 Å². The van der Waals surface area contributed by atoms with Gasteiger partial charge in [0.2, 0.25) is 6.41 Å². The second-order valence-corrected chi connectivity index (χ2v) is 1.69. The Kier molecular flexibility index (Phi) is 5.37. The normalized spacial score (nSPS) is 12.5. The fourth-order valence-electron chi connectivity index (χ4n) is 0.493. The summed E-state index contributed by atoms with van der Waals surface area (Å²) in [6, 6.07) is 0. The van der Waals surface area contributed by atoms with E-state index in [-0.39, 0.29) is 5.70 Å². The Morgan fingerprint density at radius 1 is 1.67 bits per heavy atom. The Balaban J connectivity index is 4.20. The molecule has 5 nitrogen and oxygen atoms in total. The number of amides is 1. The molecule has 0 aromatic rings. The van der Waals surface area contributed by atoms with Gasteiger partial charge in [-0.1, -0.05) is 0 Å². The lowest BCUT2D eigenvalue weighted by molar-refractivity contribution is -0.108. The maximum Gasteiger partial charge on any atom is 0.211 e. The minimum atomic E-state index is -0.765. The van der Waals surface area contributed by atoms with Crippen LogP contribution in [-0.2, 0) is 4.79 Å². The Hall–Kier alpha value is -1.56. The van der Waals surface area contributed by atoms with E-state index in [0.717, 1.165) is 12.4 Å². The van der Waals surface area contributed by atoms with E-state index >= 15 is 0 Å². The minimum Gasteiger partial charge on any atom is -0.403 e. The summed E-state index contributed by atoms with van der Waals surface area (Å²) in [4.78, 5) is 9.74. The average Bonchev–Trinajstić information content (AvgIpc) is 2.10. The molecular formula is C6H10FN3O2. The van der Waals surface area contributed by atoms with Crippen LogP contribution in [0.2, 0.25) is 0 Å². The molecule has 0 bridgehead atoms. The van der Waals surface area contributed by atoms with Crippen molar-refractivity contribution in [3.63, 3.8) is 0 Å². The van der Waals surface area contributed by atoms with Gasteiger partial charge < -0.3 is 21.5 Å². The summed E-state index contributed by atoms with van der Waals surface area (Å²) in [6.45, 7) is -0.439. The number of hydrogen-bond donors (Lipinski definition) is 4. The molecule has 0 atom stereocenters. The summed E-state index contributed by atoms with van der Waals surface area (Å²) >= 11 is 0. The monoisotopic (exact) mass is 175 g/mol. The molecule has 0 saturated carbocycles. The molecule has 0 aromatic heterocycles. The van der Waals surface area contributed by atoms with Crippen molar-refractivity contribution >= 4 is 6.41 Å². The second kappa shape index (κ2) is 6.17. The summed E-state index contributed by atoms with van der Waals surface area (Å²) in [5, 5.41) is 12.6. The summed E-state index contributed by atoms with van der Waals surface area (Å²) in [5.74, 6) is -0.765. The third-order valence-corrected chi connectivity index (χ3v) is 0.972.